The smallest absolute Gasteiger partial charge is 0.235 e. The summed E-state index contributed by atoms with van der Waals surface area (Å²) in [6.07, 6.45) is 1.40. The maximum Gasteiger partial charge on any atom is 0.235 e. The molecule has 2 rings (SSSR count). The summed E-state index contributed by atoms with van der Waals surface area (Å²) < 4.78 is 0. The number of rotatable bonds is 4. The van der Waals surface area contributed by atoms with E-state index in [1.54, 1.807) is 0 Å². The molecule has 118 valence electrons. The van der Waals surface area contributed by atoms with Crippen LogP contribution in [0.5, 0.6) is 0 Å². The SMILES string of the molecule is Cc1cc(C)c(C#N)c(SCC(=O)Nc2ncc(Cl)cc2Cl)n1. The van der Waals surface area contributed by atoms with E-state index in [0.29, 0.717) is 15.6 Å². The Hall–Kier alpha value is -1.81. The van der Waals surface area contributed by atoms with Gasteiger partial charge in [0, 0.05) is 11.9 Å². The van der Waals surface area contributed by atoms with Crippen molar-refractivity contribution in [1.29, 1.82) is 5.26 Å². The molecule has 0 aliphatic carbocycles. The van der Waals surface area contributed by atoms with Crippen molar-refractivity contribution in [3.05, 3.63) is 45.2 Å². The summed E-state index contributed by atoms with van der Waals surface area (Å²) in [4.78, 5) is 20.3. The van der Waals surface area contributed by atoms with E-state index in [1.807, 2.05) is 19.9 Å². The topological polar surface area (TPSA) is 78.7 Å². The summed E-state index contributed by atoms with van der Waals surface area (Å²) in [6, 6.07) is 5.45. The average molecular weight is 367 g/mol. The maximum atomic E-state index is 12.0. The fraction of sp³-hybridized carbons (Fsp3) is 0.200. The molecule has 2 aromatic rings. The van der Waals surface area contributed by atoms with Crippen LogP contribution in [0.1, 0.15) is 16.8 Å². The Balaban J connectivity index is 2.07. The number of nitrogens with zero attached hydrogens (tertiary/aromatic N) is 3. The third-order valence-electron chi connectivity index (χ3n) is 2.83. The molecular weight excluding hydrogens is 355 g/mol. The summed E-state index contributed by atoms with van der Waals surface area (Å²) in [7, 11) is 0. The van der Waals surface area contributed by atoms with E-state index in [9.17, 15) is 10.1 Å². The van der Waals surface area contributed by atoms with E-state index in [0.717, 1.165) is 11.3 Å². The molecule has 0 saturated carbocycles. The van der Waals surface area contributed by atoms with Gasteiger partial charge >= 0.3 is 0 Å². The van der Waals surface area contributed by atoms with E-state index >= 15 is 0 Å². The number of carbonyl (C=O) groups is 1. The Bertz CT molecular complexity index is 805. The Labute approximate surface area is 148 Å². The Morgan fingerprint density at radius 2 is 2.13 bits per heavy atom. The summed E-state index contributed by atoms with van der Waals surface area (Å²) in [5, 5.41) is 13.0. The van der Waals surface area contributed by atoms with Gasteiger partial charge in [0.25, 0.3) is 0 Å². The van der Waals surface area contributed by atoms with Gasteiger partial charge in [-0.3, -0.25) is 4.79 Å². The molecule has 0 spiro atoms. The molecule has 0 saturated heterocycles. The second kappa shape index (κ2) is 7.64. The van der Waals surface area contributed by atoms with Gasteiger partial charge in [0.05, 0.1) is 21.4 Å². The molecule has 0 bridgehead atoms. The van der Waals surface area contributed by atoms with Crippen molar-refractivity contribution < 1.29 is 4.79 Å². The zero-order valence-corrected chi connectivity index (χ0v) is 14.7. The Kier molecular flexibility index (Phi) is 5.83. The maximum absolute atomic E-state index is 12.0. The predicted octanol–water partition coefficient (Wildman–Crippen LogP) is 4.00. The van der Waals surface area contributed by atoms with Gasteiger partial charge in [-0.05, 0) is 31.5 Å². The Morgan fingerprint density at radius 3 is 2.78 bits per heavy atom. The normalized spacial score (nSPS) is 10.2. The van der Waals surface area contributed by atoms with E-state index < -0.39 is 0 Å². The van der Waals surface area contributed by atoms with Gasteiger partial charge in [0.2, 0.25) is 5.91 Å². The van der Waals surface area contributed by atoms with Crippen LogP contribution < -0.4 is 5.32 Å². The molecule has 0 radical (unpaired) electrons. The molecule has 1 amide bonds. The van der Waals surface area contributed by atoms with Gasteiger partial charge in [0.15, 0.2) is 5.82 Å². The molecule has 0 fully saturated rings. The van der Waals surface area contributed by atoms with Crippen molar-refractivity contribution in [2.24, 2.45) is 0 Å². The molecule has 0 aromatic carbocycles. The van der Waals surface area contributed by atoms with Crippen LogP contribution in [0.25, 0.3) is 0 Å². The highest BCUT2D eigenvalue weighted by Gasteiger charge is 2.13. The third kappa shape index (κ3) is 4.58. The van der Waals surface area contributed by atoms with Crippen molar-refractivity contribution in [2.45, 2.75) is 18.9 Å². The number of nitriles is 1. The first kappa shape index (κ1) is 17.5. The number of halogens is 2. The standard InChI is InChI=1S/C15H12Cl2N4OS/c1-8-3-9(2)20-15(11(8)5-18)23-7-13(22)21-14-12(17)4-10(16)6-19-14/h3-4,6H,7H2,1-2H3,(H,19,21,22). The fourth-order valence-corrected chi connectivity index (χ4v) is 3.18. The number of anilines is 1. The van der Waals surface area contributed by atoms with Crippen LogP contribution in [0.3, 0.4) is 0 Å². The number of nitrogens with one attached hydrogen (secondary N) is 1. The predicted molar refractivity (Wildman–Crippen MR) is 92.0 cm³/mol. The molecule has 1 N–H and O–H groups in total. The van der Waals surface area contributed by atoms with Crippen LogP contribution in [0.2, 0.25) is 10.0 Å². The largest absolute Gasteiger partial charge is 0.309 e. The summed E-state index contributed by atoms with van der Waals surface area (Å²) in [6.45, 7) is 3.68. The van der Waals surface area contributed by atoms with Gasteiger partial charge < -0.3 is 5.32 Å². The third-order valence-corrected chi connectivity index (χ3v) is 4.30. The lowest BCUT2D eigenvalue weighted by molar-refractivity contribution is -0.113. The van der Waals surface area contributed by atoms with E-state index in [-0.39, 0.29) is 22.5 Å². The highest BCUT2D eigenvalue weighted by atomic mass is 35.5. The molecule has 5 nitrogen and oxygen atoms in total. The second-order valence-electron chi connectivity index (χ2n) is 4.69. The molecule has 0 aliphatic rings. The highest BCUT2D eigenvalue weighted by molar-refractivity contribution is 8.00. The number of thioether (sulfide) groups is 1. The number of carbonyl (C=O) groups excluding carboxylic acids is 1. The fourth-order valence-electron chi connectivity index (χ4n) is 1.85. The molecule has 0 atom stereocenters. The summed E-state index contributed by atoms with van der Waals surface area (Å²) in [5.41, 5.74) is 2.12. The van der Waals surface area contributed by atoms with Crippen LogP contribution in [0.4, 0.5) is 5.82 Å². The molecule has 23 heavy (non-hydrogen) atoms. The van der Waals surface area contributed by atoms with Crippen LogP contribution in [0, 0.1) is 25.2 Å². The van der Waals surface area contributed by atoms with E-state index in [1.165, 1.54) is 24.0 Å². The lowest BCUT2D eigenvalue weighted by Crippen LogP contribution is -2.15. The summed E-state index contributed by atoms with van der Waals surface area (Å²) >= 11 is 12.9. The number of hydrogen-bond donors (Lipinski definition) is 1. The number of amides is 1. The molecule has 2 aromatic heterocycles. The van der Waals surface area contributed by atoms with Crippen molar-refractivity contribution in [2.75, 3.05) is 11.1 Å². The lowest BCUT2D eigenvalue weighted by Gasteiger charge is -2.08. The first-order valence-corrected chi connectivity index (χ1v) is 8.27. The first-order valence-electron chi connectivity index (χ1n) is 6.52. The first-order chi connectivity index (χ1) is 10.9. The molecule has 0 aliphatic heterocycles. The van der Waals surface area contributed by atoms with Crippen molar-refractivity contribution in [3.63, 3.8) is 0 Å². The van der Waals surface area contributed by atoms with Gasteiger partial charge in [0.1, 0.15) is 11.1 Å². The number of aryl methyl sites for hydroxylation is 2. The lowest BCUT2D eigenvalue weighted by atomic mass is 10.1. The van der Waals surface area contributed by atoms with Crippen LogP contribution in [-0.4, -0.2) is 21.6 Å². The van der Waals surface area contributed by atoms with E-state index in [4.69, 9.17) is 23.2 Å². The van der Waals surface area contributed by atoms with Crippen LogP contribution in [0.15, 0.2) is 23.4 Å². The van der Waals surface area contributed by atoms with E-state index in [2.05, 4.69) is 21.4 Å². The highest BCUT2D eigenvalue weighted by Crippen LogP contribution is 2.25. The molecular formula is C15H12Cl2N4OS. The zero-order valence-electron chi connectivity index (χ0n) is 12.4. The summed E-state index contributed by atoms with van der Waals surface area (Å²) in [5.74, 6) is 0.0395. The zero-order chi connectivity index (χ0) is 17.0. The molecule has 8 heteroatoms. The molecule has 2 heterocycles. The van der Waals surface area contributed by atoms with Gasteiger partial charge in [-0.2, -0.15) is 5.26 Å². The van der Waals surface area contributed by atoms with Gasteiger partial charge in [-0.25, -0.2) is 9.97 Å². The number of pyridine rings is 2. The molecule has 0 unspecified atom stereocenters. The van der Waals surface area contributed by atoms with Crippen LogP contribution in [-0.2, 0) is 4.79 Å². The second-order valence-corrected chi connectivity index (χ2v) is 6.50. The van der Waals surface area contributed by atoms with Gasteiger partial charge in [-0.1, -0.05) is 35.0 Å². The van der Waals surface area contributed by atoms with Crippen molar-refractivity contribution in [1.82, 2.24) is 9.97 Å². The average Bonchev–Trinajstić information content (AvgIpc) is 2.47. The Morgan fingerprint density at radius 1 is 1.39 bits per heavy atom. The minimum Gasteiger partial charge on any atom is -0.309 e. The number of aromatic nitrogens is 2. The minimum absolute atomic E-state index is 0.0885. The van der Waals surface area contributed by atoms with Gasteiger partial charge in [-0.15, -0.1) is 0 Å². The quantitative estimate of drug-likeness (QED) is 0.827. The van der Waals surface area contributed by atoms with Crippen molar-refractivity contribution >= 4 is 46.7 Å². The van der Waals surface area contributed by atoms with Crippen LogP contribution >= 0.6 is 35.0 Å². The van der Waals surface area contributed by atoms with Crippen molar-refractivity contribution in [3.8, 4) is 6.07 Å². The minimum atomic E-state index is -0.295. The monoisotopic (exact) mass is 366 g/mol. The number of hydrogen-bond acceptors (Lipinski definition) is 5.